The standard InChI is InChI=1S/C9H18/c1-4-6-7-8-9(3)5-2/h9H,1-2,4-8H2,3H3. The van der Waals surface area contributed by atoms with Crippen molar-refractivity contribution in [3.8, 4) is 0 Å². The van der Waals surface area contributed by atoms with Crippen LogP contribution in [0.25, 0.3) is 0 Å². The molecule has 54 valence electrons. The van der Waals surface area contributed by atoms with E-state index in [0.29, 0.717) is 0 Å². The van der Waals surface area contributed by atoms with Crippen LogP contribution in [0.15, 0.2) is 0 Å². The Morgan fingerprint density at radius 3 is 2.33 bits per heavy atom. The van der Waals surface area contributed by atoms with Gasteiger partial charge in [-0.1, -0.05) is 52.9 Å². The SMILES string of the molecule is [CH2]CCCCC(C)C[CH2]. The summed E-state index contributed by atoms with van der Waals surface area (Å²) in [5, 5.41) is 0. The molecule has 0 aromatic heterocycles. The molecule has 0 rings (SSSR count). The van der Waals surface area contributed by atoms with Crippen molar-refractivity contribution >= 4 is 0 Å². The van der Waals surface area contributed by atoms with Crippen LogP contribution in [-0.4, -0.2) is 0 Å². The maximum atomic E-state index is 3.85. The van der Waals surface area contributed by atoms with Crippen molar-refractivity contribution in [2.24, 2.45) is 5.92 Å². The first-order valence-corrected chi connectivity index (χ1v) is 3.89. The zero-order valence-corrected chi connectivity index (χ0v) is 6.53. The van der Waals surface area contributed by atoms with E-state index in [2.05, 4.69) is 20.8 Å². The Kier molecular flexibility index (Phi) is 6.12. The minimum atomic E-state index is 0.816. The van der Waals surface area contributed by atoms with Gasteiger partial charge in [-0.25, -0.2) is 0 Å². The van der Waals surface area contributed by atoms with E-state index >= 15 is 0 Å². The normalized spacial score (nSPS) is 13.7. The molecule has 1 atom stereocenters. The number of hydrogen-bond donors (Lipinski definition) is 0. The molecule has 0 amide bonds. The fraction of sp³-hybridized carbons (Fsp3) is 0.778. The number of unbranched alkanes of at least 4 members (excludes halogenated alkanes) is 2. The molecule has 0 bridgehead atoms. The second-order valence-electron chi connectivity index (χ2n) is 2.74. The van der Waals surface area contributed by atoms with Gasteiger partial charge in [0, 0.05) is 0 Å². The largest absolute Gasteiger partial charge is 0.0625 e. The molecule has 0 aliphatic rings. The van der Waals surface area contributed by atoms with Gasteiger partial charge in [0.15, 0.2) is 0 Å². The maximum Gasteiger partial charge on any atom is -0.0443 e. The number of rotatable bonds is 5. The van der Waals surface area contributed by atoms with Crippen LogP contribution in [0.3, 0.4) is 0 Å². The van der Waals surface area contributed by atoms with Crippen LogP contribution in [0.5, 0.6) is 0 Å². The smallest absolute Gasteiger partial charge is 0.0443 e. The van der Waals surface area contributed by atoms with Gasteiger partial charge in [-0.15, -0.1) is 0 Å². The quantitative estimate of drug-likeness (QED) is 0.496. The van der Waals surface area contributed by atoms with Crippen molar-refractivity contribution in [2.75, 3.05) is 0 Å². The van der Waals surface area contributed by atoms with E-state index in [0.717, 1.165) is 18.8 Å². The van der Waals surface area contributed by atoms with Gasteiger partial charge in [0.05, 0.1) is 0 Å². The Morgan fingerprint density at radius 1 is 1.22 bits per heavy atom. The van der Waals surface area contributed by atoms with E-state index in [1.807, 2.05) is 0 Å². The third kappa shape index (κ3) is 5.88. The first-order valence-electron chi connectivity index (χ1n) is 3.89. The first-order chi connectivity index (χ1) is 4.31. The van der Waals surface area contributed by atoms with Crippen LogP contribution >= 0.6 is 0 Å². The number of hydrogen-bond acceptors (Lipinski definition) is 0. The molecular weight excluding hydrogens is 108 g/mol. The predicted octanol–water partition coefficient (Wildman–Crippen LogP) is 3.24. The van der Waals surface area contributed by atoms with E-state index < -0.39 is 0 Å². The molecule has 0 N–H and O–H groups in total. The summed E-state index contributed by atoms with van der Waals surface area (Å²) in [7, 11) is 0. The summed E-state index contributed by atoms with van der Waals surface area (Å²) in [4.78, 5) is 0. The molecule has 0 heteroatoms. The second kappa shape index (κ2) is 6.12. The summed E-state index contributed by atoms with van der Waals surface area (Å²) in [5.74, 6) is 0.816. The van der Waals surface area contributed by atoms with Crippen molar-refractivity contribution in [3.05, 3.63) is 13.8 Å². The Balaban J connectivity index is 2.88. The molecule has 0 saturated carbocycles. The Hall–Kier alpha value is 0. The highest BCUT2D eigenvalue weighted by atomic mass is 14.0. The highest BCUT2D eigenvalue weighted by Gasteiger charge is 1.95. The van der Waals surface area contributed by atoms with Gasteiger partial charge in [-0.05, 0) is 5.92 Å². The van der Waals surface area contributed by atoms with Crippen molar-refractivity contribution in [2.45, 2.75) is 39.0 Å². The monoisotopic (exact) mass is 126 g/mol. The van der Waals surface area contributed by atoms with Crippen LogP contribution in [0, 0.1) is 19.8 Å². The molecule has 0 nitrogen and oxygen atoms in total. The van der Waals surface area contributed by atoms with Gasteiger partial charge in [0.2, 0.25) is 0 Å². The van der Waals surface area contributed by atoms with Crippen molar-refractivity contribution in [3.63, 3.8) is 0 Å². The highest BCUT2D eigenvalue weighted by molar-refractivity contribution is 4.54. The van der Waals surface area contributed by atoms with Gasteiger partial charge in [-0.2, -0.15) is 0 Å². The molecule has 0 aliphatic carbocycles. The molecule has 0 aromatic carbocycles. The van der Waals surface area contributed by atoms with Crippen molar-refractivity contribution in [1.82, 2.24) is 0 Å². The molecule has 0 fully saturated rings. The minimum Gasteiger partial charge on any atom is -0.0625 e. The van der Waals surface area contributed by atoms with Crippen LogP contribution in [-0.2, 0) is 0 Å². The summed E-state index contributed by atoms with van der Waals surface area (Å²) in [5.41, 5.74) is 0. The van der Waals surface area contributed by atoms with Gasteiger partial charge >= 0.3 is 0 Å². The first kappa shape index (κ1) is 9.00. The minimum absolute atomic E-state index is 0.816. The van der Waals surface area contributed by atoms with E-state index in [9.17, 15) is 0 Å². The predicted molar refractivity (Wildman–Crippen MR) is 43.0 cm³/mol. The highest BCUT2D eigenvalue weighted by Crippen LogP contribution is 2.11. The molecule has 0 aliphatic heterocycles. The van der Waals surface area contributed by atoms with E-state index in [1.54, 1.807) is 0 Å². The Morgan fingerprint density at radius 2 is 1.89 bits per heavy atom. The average Bonchev–Trinajstić information content (AvgIpc) is 1.89. The summed E-state index contributed by atoms with van der Waals surface area (Å²) in [6.07, 6.45) is 6.12. The summed E-state index contributed by atoms with van der Waals surface area (Å²) < 4.78 is 0. The van der Waals surface area contributed by atoms with Crippen molar-refractivity contribution < 1.29 is 0 Å². The molecule has 2 radical (unpaired) electrons. The molecule has 1 unspecified atom stereocenters. The molecule has 0 saturated heterocycles. The molecule has 9 heavy (non-hydrogen) atoms. The Labute approximate surface area is 59.7 Å². The average molecular weight is 126 g/mol. The molecule has 0 spiro atoms. The summed E-state index contributed by atoms with van der Waals surface area (Å²) >= 11 is 0. The third-order valence-corrected chi connectivity index (χ3v) is 1.69. The fourth-order valence-electron chi connectivity index (χ4n) is 0.814. The van der Waals surface area contributed by atoms with E-state index in [-0.39, 0.29) is 0 Å². The lowest BCUT2D eigenvalue weighted by Gasteiger charge is -2.05. The van der Waals surface area contributed by atoms with Crippen LogP contribution in [0.1, 0.15) is 39.0 Å². The van der Waals surface area contributed by atoms with Crippen LogP contribution in [0.2, 0.25) is 0 Å². The molecule has 0 aromatic rings. The maximum absolute atomic E-state index is 3.85. The van der Waals surface area contributed by atoms with Gasteiger partial charge < -0.3 is 0 Å². The topological polar surface area (TPSA) is 0 Å². The van der Waals surface area contributed by atoms with E-state index in [4.69, 9.17) is 0 Å². The fourth-order valence-corrected chi connectivity index (χ4v) is 0.814. The van der Waals surface area contributed by atoms with Gasteiger partial charge in [-0.3, -0.25) is 0 Å². The summed E-state index contributed by atoms with van der Waals surface area (Å²) in [6.45, 7) is 9.90. The van der Waals surface area contributed by atoms with Crippen molar-refractivity contribution in [1.29, 1.82) is 0 Å². The molecule has 0 heterocycles. The second-order valence-corrected chi connectivity index (χ2v) is 2.74. The van der Waals surface area contributed by atoms with Crippen LogP contribution < -0.4 is 0 Å². The lowest BCUT2D eigenvalue weighted by Crippen LogP contribution is -1.90. The third-order valence-electron chi connectivity index (χ3n) is 1.69. The van der Waals surface area contributed by atoms with Gasteiger partial charge in [0.1, 0.15) is 0 Å². The molecular formula is C9H18. The lowest BCUT2D eigenvalue weighted by molar-refractivity contribution is 0.503. The summed E-state index contributed by atoms with van der Waals surface area (Å²) in [6, 6.07) is 0. The van der Waals surface area contributed by atoms with Crippen LogP contribution in [0.4, 0.5) is 0 Å². The zero-order valence-electron chi connectivity index (χ0n) is 6.53. The zero-order chi connectivity index (χ0) is 7.11. The van der Waals surface area contributed by atoms with Gasteiger partial charge in [0.25, 0.3) is 0 Å². The lowest BCUT2D eigenvalue weighted by atomic mass is 10.0. The Bertz CT molecular complexity index is 48.0. The van der Waals surface area contributed by atoms with E-state index in [1.165, 1.54) is 19.3 Å².